The quantitative estimate of drug-likeness (QED) is 0.402. The molecule has 9 heteroatoms. The minimum Gasteiger partial charge on any atom is -0.493 e. The average Bonchev–Trinajstić information content (AvgIpc) is 2.59. The van der Waals surface area contributed by atoms with Crippen LogP contribution in [0.5, 0.6) is 11.5 Å². The van der Waals surface area contributed by atoms with Gasteiger partial charge in [-0.15, -0.1) is 0 Å². The highest BCUT2D eigenvalue weighted by Crippen LogP contribution is 2.32. The Morgan fingerprint density at radius 2 is 2.04 bits per heavy atom. The topological polar surface area (TPSA) is 98.9 Å². The maximum atomic E-state index is 11.0. The van der Waals surface area contributed by atoms with Crippen molar-refractivity contribution in [2.24, 2.45) is 5.10 Å². The van der Waals surface area contributed by atoms with Crippen LogP contribution in [0.2, 0.25) is 0 Å². The Labute approximate surface area is 153 Å². The van der Waals surface area contributed by atoms with Crippen molar-refractivity contribution in [1.29, 1.82) is 0 Å². The maximum absolute atomic E-state index is 11.0. The molecule has 0 saturated carbocycles. The number of nitro groups is 1. The van der Waals surface area contributed by atoms with Gasteiger partial charge in [-0.1, -0.05) is 0 Å². The van der Waals surface area contributed by atoms with E-state index in [0.29, 0.717) is 30.3 Å². The monoisotopic (exact) mass is 408 g/mol. The summed E-state index contributed by atoms with van der Waals surface area (Å²) in [6, 6.07) is 6.41. The van der Waals surface area contributed by atoms with Gasteiger partial charge in [0.25, 0.3) is 0 Å². The first-order chi connectivity index (χ1) is 12.1. The van der Waals surface area contributed by atoms with Gasteiger partial charge in [-0.25, -0.2) is 4.98 Å². The summed E-state index contributed by atoms with van der Waals surface area (Å²) in [7, 11) is 0. The number of halogens is 1. The van der Waals surface area contributed by atoms with Crippen LogP contribution in [0.3, 0.4) is 0 Å². The van der Waals surface area contributed by atoms with E-state index < -0.39 is 4.92 Å². The predicted molar refractivity (Wildman–Crippen MR) is 98.6 cm³/mol. The van der Waals surface area contributed by atoms with E-state index >= 15 is 0 Å². The van der Waals surface area contributed by atoms with Gasteiger partial charge >= 0.3 is 5.69 Å². The highest BCUT2D eigenvalue weighted by atomic mass is 79.9. The molecule has 0 radical (unpaired) electrons. The lowest BCUT2D eigenvalue weighted by Gasteiger charge is -2.12. The zero-order chi connectivity index (χ0) is 18.2. The van der Waals surface area contributed by atoms with Crippen LogP contribution < -0.4 is 14.9 Å². The molecule has 1 aromatic carbocycles. The number of nitrogens with one attached hydrogen (secondary N) is 1. The molecule has 0 saturated heterocycles. The van der Waals surface area contributed by atoms with Crippen LogP contribution in [0.25, 0.3) is 0 Å². The molecular formula is C16H17BrN4O4. The molecule has 25 heavy (non-hydrogen) atoms. The van der Waals surface area contributed by atoms with E-state index in [2.05, 4.69) is 31.4 Å². The summed E-state index contributed by atoms with van der Waals surface area (Å²) in [6.07, 6.45) is 2.95. The molecule has 0 atom stereocenters. The normalized spacial score (nSPS) is 10.7. The number of anilines is 1. The first-order valence-corrected chi connectivity index (χ1v) is 8.33. The van der Waals surface area contributed by atoms with Crippen molar-refractivity contribution in [3.05, 3.63) is 50.6 Å². The fraction of sp³-hybridized carbons (Fsp3) is 0.250. The van der Waals surface area contributed by atoms with E-state index in [1.54, 1.807) is 12.1 Å². The van der Waals surface area contributed by atoms with Crippen LogP contribution in [0.1, 0.15) is 19.4 Å². The van der Waals surface area contributed by atoms with Gasteiger partial charge in [-0.05, 0) is 41.9 Å². The van der Waals surface area contributed by atoms with E-state index in [1.807, 2.05) is 13.8 Å². The SMILES string of the molecule is CCOc1cc(OCC)c(/C=N\Nc2ncccc2[N+](=O)[O-])cc1Br. The number of rotatable bonds is 8. The first-order valence-electron chi connectivity index (χ1n) is 7.54. The molecule has 0 aliphatic rings. The zero-order valence-electron chi connectivity index (χ0n) is 13.7. The summed E-state index contributed by atoms with van der Waals surface area (Å²) in [5.41, 5.74) is 3.11. The highest BCUT2D eigenvalue weighted by molar-refractivity contribution is 9.10. The molecule has 2 aromatic rings. The van der Waals surface area contributed by atoms with E-state index in [1.165, 1.54) is 24.5 Å². The molecule has 0 amide bonds. The van der Waals surface area contributed by atoms with Crippen molar-refractivity contribution < 1.29 is 14.4 Å². The van der Waals surface area contributed by atoms with E-state index in [9.17, 15) is 10.1 Å². The van der Waals surface area contributed by atoms with Crippen LogP contribution in [0.4, 0.5) is 11.5 Å². The second-order valence-electron chi connectivity index (χ2n) is 4.68. The molecular weight excluding hydrogens is 392 g/mol. The highest BCUT2D eigenvalue weighted by Gasteiger charge is 2.13. The number of nitrogens with zero attached hydrogens (tertiary/aromatic N) is 3. The summed E-state index contributed by atoms with van der Waals surface area (Å²) in [4.78, 5) is 14.4. The van der Waals surface area contributed by atoms with Gasteiger partial charge in [0.15, 0.2) is 0 Å². The summed E-state index contributed by atoms with van der Waals surface area (Å²) in [5.74, 6) is 1.32. The van der Waals surface area contributed by atoms with E-state index in [-0.39, 0.29) is 11.5 Å². The number of benzene rings is 1. The molecule has 132 valence electrons. The Kier molecular flexibility index (Phi) is 6.70. The molecule has 1 N–H and O–H groups in total. The van der Waals surface area contributed by atoms with Crippen LogP contribution in [-0.2, 0) is 0 Å². The minimum absolute atomic E-state index is 0.0618. The molecule has 0 aliphatic carbocycles. The third-order valence-corrected chi connectivity index (χ3v) is 3.64. The van der Waals surface area contributed by atoms with Crippen molar-refractivity contribution in [2.75, 3.05) is 18.6 Å². The van der Waals surface area contributed by atoms with Crippen molar-refractivity contribution >= 4 is 33.6 Å². The average molecular weight is 409 g/mol. The molecule has 8 nitrogen and oxygen atoms in total. The fourth-order valence-electron chi connectivity index (χ4n) is 1.99. The van der Waals surface area contributed by atoms with Crippen molar-refractivity contribution in [1.82, 2.24) is 4.98 Å². The smallest absolute Gasteiger partial charge is 0.313 e. The number of ether oxygens (including phenoxy) is 2. The summed E-state index contributed by atoms with van der Waals surface area (Å²) in [6.45, 7) is 4.78. The van der Waals surface area contributed by atoms with Gasteiger partial charge in [-0.3, -0.25) is 15.5 Å². The van der Waals surface area contributed by atoms with Crippen molar-refractivity contribution in [3.8, 4) is 11.5 Å². The molecule has 0 aliphatic heterocycles. The van der Waals surface area contributed by atoms with Crippen molar-refractivity contribution in [3.63, 3.8) is 0 Å². The standard InChI is InChI=1S/C16H17BrN4O4/c1-3-24-14-9-15(25-4-2)12(17)8-11(14)10-19-20-16-13(21(22)23)6-5-7-18-16/h5-10H,3-4H2,1-2H3,(H,18,20)/b19-10-. The lowest BCUT2D eigenvalue weighted by Crippen LogP contribution is -2.01. The number of pyridine rings is 1. The number of hydrogen-bond acceptors (Lipinski definition) is 7. The van der Waals surface area contributed by atoms with Gasteiger partial charge < -0.3 is 9.47 Å². The Balaban J connectivity index is 2.25. The van der Waals surface area contributed by atoms with Crippen LogP contribution in [-0.4, -0.2) is 29.3 Å². The summed E-state index contributed by atoms with van der Waals surface area (Å²) in [5, 5.41) is 15.0. The first kappa shape index (κ1) is 18.7. The fourth-order valence-corrected chi connectivity index (χ4v) is 2.47. The second kappa shape index (κ2) is 8.97. The molecule has 0 spiro atoms. The molecule has 2 rings (SSSR count). The third kappa shape index (κ3) is 4.90. The molecule has 0 fully saturated rings. The van der Waals surface area contributed by atoms with Gasteiger partial charge in [0, 0.05) is 23.9 Å². The Hall–Kier alpha value is -2.68. The van der Waals surface area contributed by atoms with Gasteiger partial charge in [0.2, 0.25) is 5.82 Å². The van der Waals surface area contributed by atoms with Gasteiger partial charge in [-0.2, -0.15) is 5.10 Å². The zero-order valence-corrected chi connectivity index (χ0v) is 15.3. The van der Waals surface area contributed by atoms with Crippen molar-refractivity contribution in [2.45, 2.75) is 13.8 Å². The Morgan fingerprint density at radius 1 is 1.32 bits per heavy atom. The number of aromatic nitrogens is 1. The molecule has 0 bridgehead atoms. The van der Waals surface area contributed by atoms with Crippen LogP contribution >= 0.6 is 15.9 Å². The summed E-state index contributed by atoms with van der Waals surface area (Å²) >= 11 is 3.44. The molecule has 0 unspecified atom stereocenters. The van der Waals surface area contributed by atoms with E-state index in [4.69, 9.17) is 9.47 Å². The molecule has 1 heterocycles. The Bertz CT molecular complexity index is 783. The van der Waals surface area contributed by atoms with Gasteiger partial charge in [0.05, 0.1) is 28.8 Å². The predicted octanol–water partition coefficient (Wildman–Crippen LogP) is 4.00. The maximum Gasteiger partial charge on any atom is 0.313 e. The van der Waals surface area contributed by atoms with Crippen LogP contribution in [0.15, 0.2) is 40.0 Å². The lowest BCUT2D eigenvalue weighted by atomic mass is 10.2. The molecule has 1 aromatic heterocycles. The largest absolute Gasteiger partial charge is 0.493 e. The van der Waals surface area contributed by atoms with Crippen LogP contribution in [0, 0.1) is 10.1 Å². The number of hydrazone groups is 1. The second-order valence-corrected chi connectivity index (χ2v) is 5.54. The lowest BCUT2D eigenvalue weighted by molar-refractivity contribution is -0.384. The van der Waals surface area contributed by atoms with Gasteiger partial charge in [0.1, 0.15) is 11.5 Å². The summed E-state index contributed by atoms with van der Waals surface area (Å²) < 4.78 is 11.9. The number of hydrogen-bond donors (Lipinski definition) is 1. The third-order valence-electron chi connectivity index (χ3n) is 3.02. The van der Waals surface area contributed by atoms with E-state index in [0.717, 1.165) is 4.47 Å². The Morgan fingerprint density at radius 3 is 2.72 bits per heavy atom. The minimum atomic E-state index is -0.524.